The molecule has 0 radical (unpaired) electrons. The topological polar surface area (TPSA) is 96.0 Å². The molecule has 1 saturated carbocycles. The zero-order valence-corrected chi connectivity index (χ0v) is 22.6. The molecule has 2 aliphatic rings. The number of nitrogens with zero attached hydrogens (tertiary/aromatic N) is 2. The molecule has 0 bridgehead atoms. The highest BCUT2D eigenvalue weighted by molar-refractivity contribution is 7.89. The van der Waals surface area contributed by atoms with Crippen molar-refractivity contribution in [3.63, 3.8) is 0 Å². The molecule has 8 nitrogen and oxygen atoms in total. The van der Waals surface area contributed by atoms with E-state index in [9.17, 15) is 18.0 Å². The normalized spacial score (nSPS) is 21.8. The monoisotopic (exact) mass is 535 g/mol. The summed E-state index contributed by atoms with van der Waals surface area (Å²) >= 11 is 6.03. The highest BCUT2D eigenvalue weighted by atomic mass is 35.5. The number of carbonyl (C=O) groups excluding carboxylic acids is 2. The predicted molar refractivity (Wildman–Crippen MR) is 139 cm³/mol. The van der Waals surface area contributed by atoms with Crippen LogP contribution in [0, 0.1) is 5.92 Å². The van der Waals surface area contributed by atoms with Gasteiger partial charge in [-0.2, -0.15) is 4.31 Å². The molecule has 0 unspecified atom stereocenters. The zero-order valence-electron chi connectivity index (χ0n) is 21.0. The molecular weight excluding hydrogens is 502 g/mol. The first-order valence-electron chi connectivity index (χ1n) is 12.4. The Bertz CT molecular complexity index is 1230. The van der Waals surface area contributed by atoms with Crippen molar-refractivity contribution in [2.75, 3.05) is 26.2 Å². The van der Waals surface area contributed by atoms with Gasteiger partial charge in [0.15, 0.2) is 0 Å². The summed E-state index contributed by atoms with van der Waals surface area (Å²) < 4.78 is 33.3. The molecule has 1 aliphatic carbocycles. The van der Waals surface area contributed by atoms with Crippen molar-refractivity contribution in [2.45, 2.75) is 63.0 Å². The Morgan fingerprint density at radius 1 is 0.944 bits per heavy atom. The maximum Gasteiger partial charge on any atom is 0.407 e. The quantitative estimate of drug-likeness (QED) is 0.625. The summed E-state index contributed by atoms with van der Waals surface area (Å²) in [6.45, 7) is 6.75. The lowest BCUT2D eigenvalue weighted by molar-refractivity contribution is -0.137. The number of halogens is 1. The van der Waals surface area contributed by atoms with Gasteiger partial charge >= 0.3 is 6.09 Å². The van der Waals surface area contributed by atoms with E-state index in [1.165, 1.54) is 4.31 Å². The van der Waals surface area contributed by atoms with Gasteiger partial charge in [-0.3, -0.25) is 4.79 Å². The van der Waals surface area contributed by atoms with Gasteiger partial charge in [-0.05, 0) is 81.5 Å². The number of hydrogen-bond donors (Lipinski definition) is 1. The van der Waals surface area contributed by atoms with E-state index in [1.807, 2.05) is 26.8 Å². The number of ether oxygens (including phenoxy) is 1. The van der Waals surface area contributed by atoms with Crippen molar-refractivity contribution < 1.29 is 22.7 Å². The standard InChI is InChI=1S/C26H34ClN3O5S/c1-26(2,3)35-25(32)28-22-9-5-18(6-10-22)24(31)29-12-14-30(15-13-29)36(33,34)23-11-7-19-16-21(27)8-4-20(19)17-23/h4,7-8,11,16-18,22H,5-6,9-10,12-15H2,1-3H3,(H,28,32)/t18-,22-. The molecule has 2 amide bonds. The maximum absolute atomic E-state index is 13.2. The number of fused-ring (bicyclic) bond motifs is 1. The van der Waals surface area contributed by atoms with Crippen molar-refractivity contribution in [2.24, 2.45) is 5.92 Å². The number of nitrogens with one attached hydrogen (secondary N) is 1. The molecule has 0 atom stereocenters. The molecule has 2 aromatic rings. The van der Waals surface area contributed by atoms with Crippen molar-refractivity contribution >= 4 is 44.4 Å². The van der Waals surface area contributed by atoms with Gasteiger partial charge in [0, 0.05) is 43.2 Å². The van der Waals surface area contributed by atoms with Gasteiger partial charge in [0.05, 0.1) is 4.90 Å². The molecule has 1 heterocycles. The van der Waals surface area contributed by atoms with E-state index < -0.39 is 21.7 Å². The number of rotatable bonds is 4. The number of hydrogen-bond acceptors (Lipinski definition) is 5. The number of carbonyl (C=O) groups is 2. The van der Waals surface area contributed by atoms with E-state index in [0.717, 1.165) is 23.6 Å². The zero-order chi connectivity index (χ0) is 26.1. The second kappa shape index (κ2) is 10.6. The fraction of sp³-hybridized carbons (Fsp3) is 0.538. The smallest absolute Gasteiger partial charge is 0.407 e. The Labute approximate surface area is 218 Å². The van der Waals surface area contributed by atoms with Crippen molar-refractivity contribution in [3.05, 3.63) is 41.4 Å². The van der Waals surface area contributed by atoms with Crippen LogP contribution in [0.4, 0.5) is 4.79 Å². The van der Waals surface area contributed by atoms with Crippen molar-refractivity contribution in [1.82, 2.24) is 14.5 Å². The minimum atomic E-state index is -3.66. The third kappa shape index (κ3) is 6.30. The minimum absolute atomic E-state index is 0.00358. The Kier molecular flexibility index (Phi) is 7.83. The van der Waals surface area contributed by atoms with Crippen LogP contribution >= 0.6 is 11.6 Å². The molecule has 1 saturated heterocycles. The molecule has 10 heteroatoms. The molecule has 1 aliphatic heterocycles. The van der Waals surface area contributed by atoms with Gasteiger partial charge in [-0.15, -0.1) is 0 Å². The summed E-state index contributed by atoms with van der Waals surface area (Å²) in [6, 6.07) is 10.4. The van der Waals surface area contributed by atoms with Crippen LogP contribution in [0.2, 0.25) is 5.02 Å². The predicted octanol–water partition coefficient (Wildman–Crippen LogP) is 4.41. The van der Waals surface area contributed by atoms with E-state index in [2.05, 4.69) is 5.32 Å². The van der Waals surface area contributed by atoms with E-state index in [0.29, 0.717) is 31.0 Å². The summed E-state index contributed by atoms with van der Waals surface area (Å²) in [4.78, 5) is 27.1. The van der Waals surface area contributed by atoms with E-state index in [1.54, 1.807) is 35.2 Å². The number of piperazine rings is 1. The first-order valence-corrected chi connectivity index (χ1v) is 14.2. The van der Waals surface area contributed by atoms with Gasteiger partial charge in [0.1, 0.15) is 5.60 Å². The number of benzene rings is 2. The Hall–Kier alpha value is -2.36. The number of alkyl carbamates (subject to hydrolysis) is 1. The van der Waals surface area contributed by atoms with Crippen LogP contribution in [0.1, 0.15) is 46.5 Å². The largest absolute Gasteiger partial charge is 0.444 e. The van der Waals surface area contributed by atoms with Crippen LogP contribution < -0.4 is 5.32 Å². The molecular formula is C26H34ClN3O5S. The molecule has 4 rings (SSSR count). The summed E-state index contributed by atoms with van der Waals surface area (Å²) in [5, 5.41) is 5.20. The van der Waals surface area contributed by atoms with Crippen LogP contribution in [-0.4, -0.2) is 67.4 Å². The van der Waals surface area contributed by atoms with E-state index >= 15 is 0 Å². The summed E-state index contributed by atoms with van der Waals surface area (Å²) in [6.07, 6.45) is 2.40. The summed E-state index contributed by atoms with van der Waals surface area (Å²) in [5.74, 6) is -0.0255. The number of sulfonamides is 1. The maximum atomic E-state index is 13.2. The molecule has 0 aromatic heterocycles. The van der Waals surface area contributed by atoms with Gasteiger partial charge < -0.3 is 15.0 Å². The molecule has 196 valence electrons. The van der Waals surface area contributed by atoms with Gasteiger partial charge in [0.2, 0.25) is 15.9 Å². The molecule has 36 heavy (non-hydrogen) atoms. The average Bonchev–Trinajstić information content (AvgIpc) is 2.82. The van der Waals surface area contributed by atoms with Gasteiger partial charge in [0.25, 0.3) is 0 Å². The van der Waals surface area contributed by atoms with Crippen LogP contribution in [-0.2, 0) is 19.6 Å². The Morgan fingerprint density at radius 2 is 1.56 bits per heavy atom. The van der Waals surface area contributed by atoms with Crippen molar-refractivity contribution in [1.29, 1.82) is 0 Å². The van der Waals surface area contributed by atoms with Crippen LogP contribution in [0.3, 0.4) is 0 Å². The van der Waals surface area contributed by atoms with Crippen LogP contribution in [0.5, 0.6) is 0 Å². The fourth-order valence-electron chi connectivity index (χ4n) is 4.87. The number of amides is 2. The Morgan fingerprint density at radius 3 is 2.19 bits per heavy atom. The lowest BCUT2D eigenvalue weighted by Gasteiger charge is -2.37. The van der Waals surface area contributed by atoms with Gasteiger partial charge in [-0.25, -0.2) is 13.2 Å². The van der Waals surface area contributed by atoms with Crippen LogP contribution in [0.15, 0.2) is 41.3 Å². The average molecular weight is 536 g/mol. The Balaban J connectivity index is 1.29. The summed E-state index contributed by atoms with van der Waals surface area (Å²) in [7, 11) is -3.66. The second-order valence-corrected chi connectivity index (χ2v) is 13.0. The molecule has 1 N–H and O–H groups in total. The minimum Gasteiger partial charge on any atom is -0.444 e. The highest BCUT2D eigenvalue weighted by Gasteiger charge is 2.34. The first kappa shape index (κ1) is 26.7. The first-order chi connectivity index (χ1) is 16.9. The summed E-state index contributed by atoms with van der Waals surface area (Å²) in [5.41, 5.74) is -0.546. The molecule has 2 fully saturated rings. The molecule has 2 aromatic carbocycles. The van der Waals surface area contributed by atoms with Crippen molar-refractivity contribution in [3.8, 4) is 0 Å². The third-order valence-electron chi connectivity index (χ3n) is 6.76. The van der Waals surface area contributed by atoms with E-state index in [-0.39, 0.29) is 35.9 Å². The van der Waals surface area contributed by atoms with Crippen LogP contribution in [0.25, 0.3) is 10.8 Å². The second-order valence-electron chi connectivity index (χ2n) is 10.6. The lowest BCUT2D eigenvalue weighted by atomic mass is 9.85. The third-order valence-corrected chi connectivity index (χ3v) is 8.89. The SMILES string of the molecule is CC(C)(C)OC(=O)N[C@H]1CC[C@H](C(=O)N2CCN(S(=O)(=O)c3ccc4cc(Cl)ccc4c3)CC2)CC1. The fourth-order valence-corrected chi connectivity index (χ4v) is 6.51. The lowest BCUT2D eigenvalue weighted by Crippen LogP contribution is -2.52. The van der Waals surface area contributed by atoms with E-state index in [4.69, 9.17) is 16.3 Å². The highest BCUT2D eigenvalue weighted by Crippen LogP contribution is 2.28. The van der Waals surface area contributed by atoms with Gasteiger partial charge in [-0.1, -0.05) is 23.7 Å². The molecule has 0 spiro atoms.